The van der Waals surface area contributed by atoms with E-state index in [-0.39, 0.29) is 0 Å². The smallest absolute Gasteiger partial charge is 0.0700 e. The Labute approximate surface area is 161 Å². The van der Waals surface area contributed by atoms with Crippen LogP contribution in [0.4, 0.5) is 0 Å². The largest absolute Gasteiger partial charge is 0.381 e. The lowest BCUT2D eigenvalue weighted by atomic mass is 10.1. The molecule has 4 heteroatoms. The van der Waals surface area contributed by atoms with Gasteiger partial charge in [0.1, 0.15) is 0 Å². The van der Waals surface area contributed by atoms with Crippen LogP contribution in [0.1, 0.15) is 52.4 Å². The molecular weight excluding hydrogens is 328 g/mol. The Balaban J connectivity index is 3.85. The van der Waals surface area contributed by atoms with Crippen molar-refractivity contribution in [2.45, 2.75) is 52.4 Å². The molecule has 0 aliphatic heterocycles. The van der Waals surface area contributed by atoms with Crippen molar-refractivity contribution in [3.63, 3.8) is 0 Å². The Kier molecular flexibility index (Phi) is 20.1. The minimum absolute atomic E-state index is 0.433. The van der Waals surface area contributed by atoms with Gasteiger partial charge in [0.2, 0.25) is 0 Å². The van der Waals surface area contributed by atoms with Crippen molar-refractivity contribution in [3.8, 4) is 0 Å². The van der Waals surface area contributed by atoms with Gasteiger partial charge in [0.05, 0.1) is 39.6 Å². The zero-order chi connectivity index (χ0) is 19.3. The molecule has 0 aromatic heterocycles. The quantitative estimate of drug-likeness (QED) is 0.210. The highest BCUT2D eigenvalue weighted by Gasteiger charge is 2.10. The summed E-state index contributed by atoms with van der Waals surface area (Å²) in [6.07, 6.45) is 10.2. The van der Waals surface area contributed by atoms with Crippen LogP contribution in [0.25, 0.3) is 0 Å². The van der Waals surface area contributed by atoms with E-state index in [1.165, 1.54) is 0 Å². The van der Waals surface area contributed by atoms with Gasteiger partial charge in [-0.1, -0.05) is 26.0 Å². The Hall–Kier alpha value is -0.680. The molecule has 0 heterocycles. The SMILES string of the molecule is C=CCCC(COCCC)COCCOCC(CCC=C)COCCC. The summed E-state index contributed by atoms with van der Waals surface area (Å²) in [5.41, 5.74) is 0. The van der Waals surface area contributed by atoms with Crippen LogP contribution in [0.15, 0.2) is 25.3 Å². The summed E-state index contributed by atoms with van der Waals surface area (Å²) in [5.74, 6) is 0.865. The number of hydrogen-bond donors (Lipinski definition) is 0. The Morgan fingerprint density at radius 2 is 0.962 bits per heavy atom. The van der Waals surface area contributed by atoms with Gasteiger partial charge in [-0.25, -0.2) is 0 Å². The van der Waals surface area contributed by atoms with Gasteiger partial charge in [-0.15, -0.1) is 13.2 Å². The van der Waals surface area contributed by atoms with Gasteiger partial charge in [0.25, 0.3) is 0 Å². The van der Waals surface area contributed by atoms with E-state index in [9.17, 15) is 0 Å². The van der Waals surface area contributed by atoms with Gasteiger partial charge in [0, 0.05) is 25.0 Å². The third-order valence-corrected chi connectivity index (χ3v) is 4.04. The summed E-state index contributed by atoms with van der Waals surface area (Å²) in [5, 5.41) is 0. The predicted octanol–water partition coefficient (Wildman–Crippen LogP) is 5.04. The molecule has 0 saturated carbocycles. The van der Waals surface area contributed by atoms with Crippen molar-refractivity contribution in [2.75, 3.05) is 52.9 Å². The first kappa shape index (κ1) is 25.3. The van der Waals surface area contributed by atoms with E-state index in [1.807, 2.05) is 12.2 Å². The van der Waals surface area contributed by atoms with Crippen LogP contribution in [0.2, 0.25) is 0 Å². The second kappa shape index (κ2) is 20.6. The van der Waals surface area contributed by atoms with Crippen LogP contribution >= 0.6 is 0 Å². The molecular formula is C22H42O4. The third-order valence-electron chi connectivity index (χ3n) is 4.04. The van der Waals surface area contributed by atoms with Crippen molar-refractivity contribution >= 4 is 0 Å². The summed E-state index contributed by atoms with van der Waals surface area (Å²) in [6.45, 7) is 17.7. The maximum atomic E-state index is 5.80. The molecule has 0 aromatic carbocycles. The first-order chi connectivity index (χ1) is 12.8. The van der Waals surface area contributed by atoms with Crippen molar-refractivity contribution in [2.24, 2.45) is 11.8 Å². The van der Waals surface area contributed by atoms with Crippen LogP contribution in [0, 0.1) is 11.8 Å². The third kappa shape index (κ3) is 16.8. The van der Waals surface area contributed by atoms with E-state index in [2.05, 4.69) is 27.0 Å². The highest BCUT2D eigenvalue weighted by molar-refractivity contribution is 4.70. The van der Waals surface area contributed by atoms with Crippen LogP contribution < -0.4 is 0 Å². The molecule has 0 N–H and O–H groups in total. The van der Waals surface area contributed by atoms with Crippen LogP contribution in [-0.2, 0) is 18.9 Å². The maximum absolute atomic E-state index is 5.80. The topological polar surface area (TPSA) is 36.9 Å². The number of ether oxygens (including phenoxy) is 4. The lowest BCUT2D eigenvalue weighted by molar-refractivity contribution is -0.00897. The molecule has 2 unspecified atom stereocenters. The number of allylic oxidation sites excluding steroid dienone is 2. The van der Waals surface area contributed by atoms with Crippen LogP contribution in [0.5, 0.6) is 0 Å². The molecule has 0 fully saturated rings. The lowest BCUT2D eigenvalue weighted by Crippen LogP contribution is -2.20. The molecule has 154 valence electrons. The second-order valence-corrected chi connectivity index (χ2v) is 6.76. The molecule has 0 amide bonds. The minimum atomic E-state index is 0.433. The zero-order valence-electron chi connectivity index (χ0n) is 17.3. The first-order valence-electron chi connectivity index (χ1n) is 10.3. The van der Waals surface area contributed by atoms with Crippen LogP contribution in [0.3, 0.4) is 0 Å². The molecule has 0 aromatic rings. The van der Waals surface area contributed by atoms with E-state index in [0.29, 0.717) is 25.0 Å². The van der Waals surface area contributed by atoms with E-state index in [0.717, 1.165) is 78.2 Å². The molecule has 0 rings (SSSR count). The molecule has 0 aliphatic carbocycles. The van der Waals surface area contributed by atoms with Crippen molar-refractivity contribution < 1.29 is 18.9 Å². The summed E-state index contributed by atoms with van der Waals surface area (Å²) in [4.78, 5) is 0. The Morgan fingerprint density at radius 1 is 0.615 bits per heavy atom. The number of hydrogen-bond acceptors (Lipinski definition) is 4. The Bertz CT molecular complexity index is 277. The standard InChI is InChI=1S/C22H42O4/c1-5-9-11-21(17-23-13-7-3)19-25-15-16-26-20-22(12-10-6-2)18-24-14-8-4/h5-6,21-22H,1-2,7-20H2,3-4H3. The van der Waals surface area contributed by atoms with Gasteiger partial charge >= 0.3 is 0 Å². The van der Waals surface area contributed by atoms with Gasteiger partial charge in [-0.05, 0) is 38.5 Å². The fourth-order valence-corrected chi connectivity index (χ4v) is 2.54. The van der Waals surface area contributed by atoms with E-state index in [4.69, 9.17) is 18.9 Å². The molecule has 0 saturated heterocycles. The lowest BCUT2D eigenvalue weighted by Gasteiger charge is -2.18. The molecule has 2 atom stereocenters. The zero-order valence-corrected chi connectivity index (χ0v) is 17.3. The molecule has 0 spiro atoms. The van der Waals surface area contributed by atoms with Crippen molar-refractivity contribution in [3.05, 3.63) is 25.3 Å². The van der Waals surface area contributed by atoms with E-state index in [1.54, 1.807) is 0 Å². The number of rotatable bonds is 21. The van der Waals surface area contributed by atoms with Gasteiger partial charge in [-0.3, -0.25) is 0 Å². The summed E-state index contributed by atoms with van der Waals surface area (Å²) in [6, 6.07) is 0. The summed E-state index contributed by atoms with van der Waals surface area (Å²) in [7, 11) is 0. The summed E-state index contributed by atoms with van der Waals surface area (Å²) < 4.78 is 22.9. The minimum Gasteiger partial charge on any atom is -0.381 e. The average Bonchev–Trinajstić information content (AvgIpc) is 2.65. The fraction of sp³-hybridized carbons (Fsp3) is 0.818. The average molecular weight is 371 g/mol. The second-order valence-electron chi connectivity index (χ2n) is 6.76. The van der Waals surface area contributed by atoms with E-state index < -0.39 is 0 Å². The summed E-state index contributed by atoms with van der Waals surface area (Å²) >= 11 is 0. The highest BCUT2D eigenvalue weighted by atomic mass is 16.5. The Morgan fingerprint density at radius 3 is 1.27 bits per heavy atom. The van der Waals surface area contributed by atoms with Gasteiger partial charge in [-0.2, -0.15) is 0 Å². The van der Waals surface area contributed by atoms with Crippen LogP contribution in [-0.4, -0.2) is 52.9 Å². The fourth-order valence-electron chi connectivity index (χ4n) is 2.54. The monoisotopic (exact) mass is 370 g/mol. The molecule has 4 nitrogen and oxygen atoms in total. The van der Waals surface area contributed by atoms with Gasteiger partial charge < -0.3 is 18.9 Å². The molecule has 0 bridgehead atoms. The highest BCUT2D eigenvalue weighted by Crippen LogP contribution is 2.10. The molecule has 0 radical (unpaired) electrons. The van der Waals surface area contributed by atoms with Gasteiger partial charge in [0.15, 0.2) is 0 Å². The van der Waals surface area contributed by atoms with Crippen molar-refractivity contribution in [1.29, 1.82) is 0 Å². The van der Waals surface area contributed by atoms with Crippen molar-refractivity contribution in [1.82, 2.24) is 0 Å². The van der Waals surface area contributed by atoms with E-state index >= 15 is 0 Å². The normalized spacial score (nSPS) is 13.5. The first-order valence-corrected chi connectivity index (χ1v) is 10.3. The molecule has 0 aliphatic rings. The maximum Gasteiger partial charge on any atom is 0.0700 e. The predicted molar refractivity (Wildman–Crippen MR) is 110 cm³/mol. The molecule has 26 heavy (non-hydrogen) atoms.